The molecule has 0 saturated heterocycles. The minimum atomic E-state index is -0.567. The Labute approximate surface area is 110 Å². The van der Waals surface area contributed by atoms with Gasteiger partial charge in [0.05, 0.1) is 11.2 Å². The van der Waals surface area contributed by atoms with Crippen LogP contribution in [0.5, 0.6) is 0 Å². The summed E-state index contributed by atoms with van der Waals surface area (Å²) in [5.74, 6) is -0.447. The highest BCUT2D eigenvalue weighted by atomic mass is 79.9. The molecule has 18 heavy (non-hydrogen) atoms. The maximum atomic E-state index is 11.7. The smallest absolute Gasteiger partial charge is 0.293 e. The highest BCUT2D eigenvalue weighted by Crippen LogP contribution is 2.28. The molecule has 92 valence electrons. The molecule has 0 unspecified atom stereocenters. The lowest BCUT2D eigenvalue weighted by atomic mass is 10.2. The first-order valence-electron chi connectivity index (χ1n) is 4.87. The van der Waals surface area contributed by atoms with E-state index in [1.54, 1.807) is 12.1 Å². The van der Waals surface area contributed by atoms with E-state index >= 15 is 0 Å². The average molecular weight is 311 g/mol. The Bertz CT molecular complexity index is 595. The zero-order valence-corrected chi connectivity index (χ0v) is 10.5. The number of rotatable bonds is 3. The van der Waals surface area contributed by atoms with Gasteiger partial charge in [-0.1, -0.05) is 15.9 Å². The largest absolute Gasteiger partial charge is 0.459 e. The van der Waals surface area contributed by atoms with Crippen molar-refractivity contribution in [1.82, 2.24) is 0 Å². The second-order valence-electron chi connectivity index (χ2n) is 3.35. The van der Waals surface area contributed by atoms with E-state index in [4.69, 9.17) is 4.42 Å². The average Bonchev–Trinajstić information content (AvgIpc) is 2.84. The third-order valence-electron chi connectivity index (χ3n) is 2.15. The molecular weight excluding hydrogens is 304 g/mol. The van der Waals surface area contributed by atoms with Gasteiger partial charge >= 0.3 is 0 Å². The first-order chi connectivity index (χ1) is 8.58. The lowest BCUT2D eigenvalue weighted by Gasteiger charge is -2.04. The Hall–Kier alpha value is -2.15. The van der Waals surface area contributed by atoms with E-state index in [0.717, 1.165) is 0 Å². The van der Waals surface area contributed by atoms with Crippen molar-refractivity contribution in [2.24, 2.45) is 0 Å². The van der Waals surface area contributed by atoms with Crippen LogP contribution in [-0.2, 0) is 0 Å². The molecular formula is C11H7BrN2O4. The molecule has 0 bridgehead atoms. The molecule has 0 spiro atoms. The van der Waals surface area contributed by atoms with Crippen molar-refractivity contribution in [3.05, 3.63) is 56.9 Å². The molecule has 6 nitrogen and oxygen atoms in total. The van der Waals surface area contributed by atoms with E-state index in [2.05, 4.69) is 21.2 Å². The Balaban J connectivity index is 2.29. The fourth-order valence-corrected chi connectivity index (χ4v) is 1.70. The van der Waals surface area contributed by atoms with Crippen LogP contribution in [0.2, 0.25) is 0 Å². The number of anilines is 1. The fraction of sp³-hybridized carbons (Fsp3) is 0. The maximum Gasteiger partial charge on any atom is 0.293 e. The first-order valence-corrected chi connectivity index (χ1v) is 5.66. The molecule has 1 aromatic carbocycles. The number of hydrogen-bond donors (Lipinski definition) is 1. The number of nitrogens with zero attached hydrogens (tertiary/aromatic N) is 1. The molecule has 0 saturated carbocycles. The Morgan fingerprint density at radius 1 is 1.39 bits per heavy atom. The van der Waals surface area contributed by atoms with Gasteiger partial charge in [0.1, 0.15) is 5.69 Å². The summed E-state index contributed by atoms with van der Waals surface area (Å²) >= 11 is 3.13. The minimum Gasteiger partial charge on any atom is -0.459 e. The molecule has 7 heteroatoms. The van der Waals surface area contributed by atoms with Crippen molar-refractivity contribution in [2.75, 3.05) is 5.32 Å². The van der Waals surface area contributed by atoms with Crippen LogP contribution < -0.4 is 5.32 Å². The topological polar surface area (TPSA) is 85.4 Å². The van der Waals surface area contributed by atoms with E-state index in [-0.39, 0.29) is 17.1 Å². The molecule has 2 rings (SSSR count). The second-order valence-corrected chi connectivity index (χ2v) is 4.27. The number of amides is 1. The molecule has 0 aliphatic heterocycles. The van der Waals surface area contributed by atoms with Gasteiger partial charge in [0.25, 0.3) is 11.6 Å². The summed E-state index contributed by atoms with van der Waals surface area (Å²) in [5.41, 5.74) is -0.0751. The van der Waals surface area contributed by atoms with E-state index in [0.29, 0.717) is 4.47 Å². The molecule has 0 aliphatic carbocycles. The minimum absolute atomic E-state index is 0.0900. The van der Waals surface area contributed by atoms with Crippen LogP contribution in [0, 0.1) is 10.1 Å². The lowest BCUT2D eigenvalue weighted by Crippen LogP contribution is -2.12. The number of nitro groups is 1. The normalized spacial score (nSPS) is 10.1. The molecule has 1 amide bonds. The summed E-state index contributed by atoms with van der Waals surface area (Å²) in [6.07, 6.45) is 1.35. The molecule has 1 aromatic heterocycles. The number of halogens is 1. The van der Waals surface area contributed by atoms with Crippen LogP contribution in [0.15, 0.2) is 45.5 Å². The Kier molecular flexibility index (Phi) is 3.42. The number of benzene rings is 1. The molecule has 0 atom stereocenters. The van der Waals surface area contributed by atoms with Gasteiger partial charge in [-0.05, 0) is 24.3 Å². The van der Waals surface area contributed by atoms with Crippen molar-refractivity contribution in [3.63, 3.8) is 0 Å². The molecule has 0 fully saturated rings. The van der Waals surface area contributed by atoms with Crippen LogP contribution >= 0.6 is 15.9 Å². The van der Waals surface area contributed by atoms with Gasteiger partial charge < -0.3 is 9.73 Å². The third-order valence-corrected chi connectivity index (χ3v) is 2.64. The fourth-order valence-electron chi connectivity index (χ4n) is 1.35. The Morgan fingerprint density at radius 2 is 2.17 bits per heavy atom. The summed E-state index contributed by atoms with van der Waals surface area (Å²) in [4.78, 5) is 22.0. The standard InChI is InChI=1S/C11H7BrN2O4/c12-7-3-4-8(9(6-7)14(16)17)13-11(15)10-2-1-5-18-10/h1-6H,(H,13,15). The van der Waals surface area contributed by atoms with Crippen LogP contribution in [0.4, 0.5) is 11.4 Å². The highest BCUT2D eigenvalue weighted by molar-refractivity contribution is 9.10. The maximum absolute atomic E-state index is 11.7. The van der Waals surface area contributed by atoms with Gasteiger partial charge in [0.2, 0.25) is 0 Å². The van der Waals surface area contributed by atoms with E-state index in [1.165, 1.54) is 24.5 Å². The van der Waals surface area contributed by atoms with Crippen molar-refractivity contribution in [3.8, 4) is 0 Å². The van der Waals surface area contributed by atoms with Crippen LogP contribution in [0.3, 0.4) is 0 Å². The second kappa shape index (κ2) is 5.01. The summed E-state index contributed by atoms with van der Waals surface area (Å²) in [6.45, 7) is 0. The van der Waals surface area contributed by atoms with Crippen molar-refractivity contribution in [2.45, 2.75) is 0 Å². The Morgan fingerprint density at radius 3 is 2.78 bits per heavy atom. The van der Waals surface area contributed by atoms with E-state index in [9.17, 15) is 14.9 Å². The number of nitrogens with one attached hydrogen (secondary N) is 1. The van der Waals surface area contributed by atoms with Crippen LogP contribution in [0.25, 0.3) is 0 Å². The number of carbonyl (C=O) groups excluding carboxylic acids is 1. The number of carbonyl (C=O) groups is 1. The summed E-state index contributed by atoms with van der Waals surface area (Å²) in [6, 6.07) is 7.40. The molecule has 0 radical (unpaired) electrons. The van der Waals surface area contributed by atoms with Crippen LogP contribution in [0.1, 0.15) is 10.6 Å². The van der Waals surface area contributed by atoms with Gasteiger partial charge in [-0.25, -0.2) is 0 Å². The van der Waals surface area contributed by atoms with E-state index in [1.807, 2.05) is 0 Å². The quantitative estimate of drug-likeness (QED) is 0.696. The number of hydrogen-bond acceptors (Lipinski definition) is 4. The van der Waals surface area contributed by atoms with Crippen molar-refractivity contribution in [1.29, 1.82) is 0 Å². The lowest BCUT2D eigenvalue weighted by molar-refractivity contribution is -0.384. The molecule has 1 heterocycles. The summed E-state index contributed by atoms with van der Waals surface area (Å²) < 4.78 is 5.46. The zero-order valence-electron chi connectivity index (χ0n) is 8.92. The van der Waals surface area contributed by atoms with Crippen molar-refractivity contribution >= 4 is 33.2 Å². The monoisotopic (exact) mass is 310 g/mol. The number of furan rings is 1. The SMILES string of the molecule is O=C(Nc1ccc(Br)cc1[N+](=O)[O-])c1ccco1. The molecule has 1 N–H and O–H groups in total. The van der Waals surface area contributed by atoms with Gasteiger partial charge in [-0.3, -0.25) is 14.9 Å². The predicted octanol–water partition coefficient (Wildman–Crippen LogP) is 3.20. The van der Waals surface area contributed by atoms with Gasteiger partial charge in [-0.2, -0.15) is 0 Å². The number of nitro benzene ring substituents is 1. The van der Waals surface area contributed by atoms with Gasteiger partial charge in [-0.15, -0.1) is 0 Å². The molecule has 2 aromatic rings. The first kappa shape index (κ1) is 12.3. The van der Waals surface area contributed by atoms with Gasteiger partial charge in [0.15, 0.2) is 5.76 Å². The zero-order chi connectivity index (χ0) is 13.1. The van der Waals surface area contributed by atoms with Crippen LogP contribution in [-0.4, -0.2) is 10.8 Å². The summed E-state index contributed by atoms with van der Waals surface area (Å²) in [7, 11) is 0. The van der Waals surface area contributed by atoms with Crippen molar-refractivity contribution < 1.29 is 14.1 Å². The highest BCUT2D eigenvalue weighted by Gasteiger charge is 2.18. The molecule has 0 aliphatic rings. The third kappa shape index (κ3) is 2.57. The van der Waals surface area contributed by atoms with Gasteiger partial charge in [0, 0.05) is 10.5 Å². The predicted molar refractivity (Wildman–Crippen MR) is 67.5 cm³/mol. The summed E-state index contributed by atoms with van der Waals surface area (Å²) in [5, 5.41) is 13.3. The van der Waals surface area contributed by atoms with E-state index < -0.39 is 10.8 Å².